The Labute approximate surface area is 96.2 Å². The number of anilines is 1. The number of ether oxygens (including phenoxy) is 1. The van der Waals surface area contributed by atoms with Crippen LogP contribution in [-0.4, -0.2) is 19.5 Å². The molecule has 0 saturated heterocycles. The van der Waals surface area contributed by atoms with E-state index < -0.39 is 0 Å². The normalized spacial score (nSPS) is 10.5. The first-order valence-electron chi connectivity index (χ1n) is 5.22. The van der Waals surface area contributed by atoms with Crippen molar-refractivity contribution in [2.75, 3.05) is 25.2 Å². The van der Waals surface area contributed by atoms with Crippen molar-refractivity contribution in [1.82, 2.24) is 0 Å². The Morgan fingerprint density at radius 2 is 2.13 bits per heavy atom. The van der Waals surface area contributed by atoms with Crippen molar-refractivity contribution in [3.8, 4) is 0 Å². The number of benzene rings is 1. The Morgan fingerprint density at radius 3 is 2.87 bits per heavy atom. The van der Waals surface area contributed by atoms with E-state index in [4.69, 9.17) is 10.5 Å². The summed E-state index contributed by atoms with van der Waals surface area (Å²) in [6.45, 7) is 2.94. The van der Waals surface area contributed by atoms with Gasteiger partial charge in [-0.25, -0.2) is 0 Å². The minimum atomic E-state index is 0.851. The molecule has 2 nitrogen and oxygen atoms in total. The molecule has 0 fully saturated rings. The summed E-state index contributed by atoms with van der Waals surface area (Å²) in [7, 11) is 1.74. The van der Waals surface area contributed by atoms with Gasteiger partial charge in [0.1, 0.15) is 0 Å². The quantitative estimate of drug-likeness (QED) is 0.459. The Balaban J connectivity index is 2.33. The van der Waals surface area contributed by atoms with Crippen LogP contribution in [-0.2, 0) is 4.74 Å². The van der Waals surface area contributed by atoms with E-state index in [-0.39, 0.29) is 0 Å². The Bertz CT molecular complexity index is 302. The highest BCUT2D eigenvalue weighted by Crippen LogP contribution is 2.26. The standard InChI is InChI=1S/C12H19NOS/c1-10-5-6-11(13)12(9-10)15-8-4-3-7-14-2/h5-6,9H,3-4,7-8,13H2,1-2H3. The molecule has 0 atom stereocenters. The molecule has 15 heavy (non-hydrogen) atoms. The van der Waals surface area contributed by atoms with E-state index in [1.54, 1.807) is 7.11 Å². The third-order valence-corrected chi connectivity index (χ3v) is 3.33. The second kappa shape index (κ2) is 6.75. The number of aryl methyl sites for hydroxylation is 1. The summed E-state index contributed by atoms with van der Waals surface area (Å²) < 4.78 is 5.00. The minimum absolute atomic E-state index is 0.851. The van der Waals surface area contributed by atoms with E-state index >= 15 is 0 Å². The number of nitrogen functional groups attached to an aromatic ring is 1. The predicted molar refractivity (Wildman–Crippen MR) is 67.4 cm³/mol. The van der Waals surface area contributed by atoms with Gasteiger partial charge in [0, 0.05) is 24.3 Å². The van der Waals surface area contributed by atoms with Gasteiger partial charge in [0.2, 0.25) is 0 Å². The molecular weight excluding hydrogens is 206 g/mol. The second-order valence-corrected chi connectivity index (χ2v) is 4.73. The van der Waals surface area contributed by atoms with Gasteiger partial charge in [0.05, 0.1) is 0 Å². The summed E-state index contributed by atoms with van der Waals surface area (Å²) in [6.07, 6.45) is 2.29. The fourth-order valence-electron chi connectivity index (χ4n) is 1.30. The van der Waals surface area contributed by atoms with Crippen LogP contribution >= 0.6 is 11.8 Å². The highest BCUT2D eigenvalue weighted by molar-refractivity contribution is 7.99. The zero-order valence-corrected chi connectivity index (χ0v) is 10.3. The van der Waals surface area contributed by atoms with Crippen LogP contribution in [0.3, 0.4) is 0 Å². The average molecular weight is 225 g/mol. The fraction of sp³-hybridized carbons (Fsp3) is 0.500. The number of hydrogen-bond acceptors (Lipinski definition) is 3. The monoisotopic (exact) mass is 225 g/mol. The molecule has 0 amide bonds. The highest BCUT2D eigenvalue weighted by Gasteiger charge is 1.99. The maximum Gasteiger partial charge on any atom is 0.0462 e. The molecule has 0 spiro atoms. The summed E-state index contributed by atoms with van der Waals surface area (Å²) in [5, 5.41) is 0. The first-order valence-corrected chi connectivity index (χ1v) is 6.20. The molecule has 1 aromatic carbocycles. The van der Waals surface area contributed by atoms with E-state index in [1.807, 2.05) is 23.9 Å². The summed E-state index contributed by atoms with van der Waals surface area (Å²) in [4.78, 5) is 1.20. The van der Waals surface area contributed by atoms with Gasteiger partial charge < -0.3 is 10.5 Å². The van der Waals surface area contributed by atoms with Crippen LogP contribution in [0.15, 0.2) is 23.1 Å². The number of unbranched alkanes of at least 4 members (excludes halogenated alkanes) is 1. The number of methoxy groups -OCH3 is 1. The van der Waals surface area contributed by atoms with Crippen molar-refractivity contribution in [3.05, 3.63) is 23.8 Å². The van der Waals surface area contributed by atoms with Gasteiger partial charge in [-0.3, -0.25) is 0 Å². The van der Waals surface area contributed by atoms with Gasteiger partial charge in [-0.2, -0.15) is 0 Å². The van der Waals surface area contributed by atoms with Crippen molar-refractivity contribution in [2.24, 2.45) is 0 Å². The second-order valence-electron chi connectivity index (χ2n) is 3.59. The number of nitrogens with two attached hydrogens (primary N) is 1. The topological polar surface area (TPSA) is 35.2 Å². The first kappa shape index (κ1) is 12.4. The Morgan fingerprint density at radius 1 is 1.33 bits per heavy atom. The molecule has 0 aromatic heterocycles. The first-order chi connectivity index (χ1) is 7.24. The van der Waals surface area contributed by atoms with Gasteiger partial charge >= 0.3 is 0 Å². The van der Waals surface area contributed by atoms with Gasteiger partial charge in [-0.05, 0) is 43.2 Å². The van der Waals surface area contributed by atoms with E-state index in [1.165, 1.54) is 16.9 Å². The van der Waals surface area contributed by atoms with Gasteiger partial charge in [0.15, 0.2) is 0 Å². The third kappa shape index (κ3) is 4.58. The van der Waals surface area contributed by atoms with Crippen molar-refractivity contribution in [3.63, 3.8) is 0 Å². The lowest BCUT2D eigenvalue weighted by Crippen LogP contribution is -1.92. The zero-order valence-electron chi connectivity index (χ0n) is 9.45. The van der Waals surface area contributed by atoms with E-state index in [2.05, 4.69) is 13.0 Å². The molecule has 1 rings (SSSR count). The van der Waals surface area contributed by atoms with Crippen LogP contribution in [0.2, 0.25) is 0 Å². The lowest BCUT2D eigenvalue weighted by Gasteiger charge is -2.06. The molecule has 1 aromatic rings. The third-order valence-electron chi connectivity index (χ3n) is 2.17. The van der Waals surface area contributed by atoms with Crippen LogP contribution in [0.4, 0.5) is 5.69 Å². The van der Waals surface area contributed by atoms with Crippen LogP contribution < -0.4 is 5.73 Å². The Kier molecular flexibility index (Phi) is 5.58. The van der Waals surface area contributed by atoms with Crippen LogP contribution in [0.25, 0.3) is 0 Å². The Hall–Kier alpha value is -0.670. The molecule has 0 unspecified atom stereocenters. The zero-order chi connectivity index (χ0) is 11.1. The molecule has 3 heteroatoms. The number of thioether (sulfide) groups is 1. The SMILES string of the molecule is COCCCCSc1cc(C)ccc1N. The predicted octanol–water partition coefficient (Wildman–Crippen LogP) is 3.10. The smallest absolute Gasteiger partial charge is 0.0462 e. The number of hydrogen-bond donors (Lipinski definition) is 1. The van der Waals surface area contributed by atoms with Crippen molar-refractivity contribution in [1.29, 1.82) is 0 Å². The summed E-state index contributed by atoms with van der Waals surface area (Å²) >= 11 is 1.83. The van der Waals surface area contributed by atoms with E-state index in [0.717, 1.165) is 24.5 Å². The molecule has 0 aliphatic heterocycles. The maximum atomic E-state index is 5.88. The van der Waals surface area contributed by atoms with Gasteiger partial charge in [-0.15, -0.1) is 11.8 Å². The molecular formula is C12H19NOS. The fourth-order valence-corrected chi connectivity index (χ4v) is 2.37. The molecule has 0 bridgehead atoms. The lowest BCUT2D eigenvalue weighted by atomic mass is 10.2. The number of rotatable bonds is 6. The molecule has 0 aliphatic rings. The molecule has 0 radical (unpaired) electrons. The molecule has 0 aliphatic carbocycles. The molecule has 2 N–H and O–H groups in total. The van der Waals surface area contributed by atoms with Crippen molar-refractivity contribution >= 4 is 17.4 Å². The van der Waals surface area contributed by atoms with Gasteiger partial charge in [-0.1, -0.05) is 6.07 Å². The summed E-state index contributed by atoms with van der Waals surface area (Å²) in [6, 6.07) is 6.17. The summed E-state index contributed by atoms with van der Waals surface area (Å²) in [5.41, 5.74) is 8.04. The van der Waals surface area contributed by atoms with E-state index in [9.17, 15) is 0 Å². The average Bonchev–Trinajstić information content (AvgIpc) is 2.23. The lowest BCUT2D eigenvalue weighted by molar-refractivity contribution is 0.194. The van der Waals surface area contributed by atoms with Crippen molar-refractivity contribution in [2.45, 2.75) is 24.7 Å². The largest absolute Gasteiger partial charge is 0.398 e. The van der Waals surface area contributed by atoms with Gasteiger partial charge in [0.25, 0.3) is 0 Å². The van der Waals surface area contributed by atoms with Crippen molar-refractivity contribution < 1.29 is 4.74 Å². The molecule has 84 valence electrons. The summed E-state index contributed by atoms with van der Waals surface area (Å²) in [5.74, 6) is 1.11. The van der Waals surface area contributed by atoms with Crippen LogP contribution in [0.5, 0.6) is 0 Å². The maximum absolute atomic E-state index is 5.88. The van der Waals surface area contributed by atoms with Crippen LogP contribution in [0, 0.1) is 6.92 Å². The highest BCUT2D eigenvalue weighted by atomic mass is 32.2. The van der Waals surface area contributed by atoms with Crippen LogP contribution in [0.1, 0.15) is 18.4 Å². The van der Waals surface area contributed by atoms with E-state index in [0.29, 0.717) is 0 Å². The minimum Gasteiger partial charge on any atom is -0.398 e. The molecule has 0 saturated carbocycles. The molecule has 0 heterocycles.